The lowest BCUT2D eigenvalue weighted by Gasteiger charge is -2.26. The number of fused-ring (bicyclic) bond motifs is 1. The Bertz CT molecular complexity index is 1330. The molecule has 204 valence electrons. The number of ether oxygens (including phenoxy) is 3. The Morgan fingerprint density at radius 1 is 1.21 bits per heavy atom. The highest BCUT2D eigenvalue weighted by atomic mass is 16.6. The van der Waals surface area contributed by atoms with Crippen molar-refractivity contribution in [1.29, 1.82) is 0 Å². The molecule has 0 unspecified atom stereocenters. The number of rotatable bonds is 8. The van der Waals surface area contributed by atoms with Gasteiger partial charge >= 0.3 is 5.97 Å². The van der Waals surface area contributed by atoms with Gasteiger partial charge in [0.05, 0.1) is 30.4 Å². The Hall–Kier alpha value is -3.05. The summed E-state index contributed by atoms with van der Waals surface area (Å²) in [6.45, 7) is 6.11. The highest BCUT2D eigenvalue weighted by molar-refractivity contribution is 5.82. The summed E-state index contributed by atoms with van der Waals surface area (Å²) < 4.78 is 20.3. The van der Waals surface area contributed by atoms with Gasteiger partial charge in [0.15, 0.2) is 0 Å². The SMILES string of the molecule is Cc1cc(-c2nc3cc(CN[C@H](C(=O)O[C@H]4CCOC4)[C@H](C)O)ccc3n2C2CCOCC2)cn(C)c1=O. The fourth-order valence-corrected chi connectivity index (χ4v) is 5.29. The van der Waals surface area contributed by atoms with Gasteiger partial charge in [-0.3, -0.25) is 14.9 Å². The summed E-state index contributed by atoms with van der Waals surface area (Å²) in [5.41, 5.74) is 4.30. The van der Waals surface area contributed by atoms with Crippen LogP contribution in [0, 0.1) is 6.92 Å². The lowest BCUT2D eigenvalue weighted by Crippen LogP contribution is -2.46. The number of imidazole rings is 1. The molecule has 2 aliphatic rings. The van der Waals surface area contributed by atoms with E-state index in [4.69, 9.17) is 19.2 Å². The number of nitrogens with zero attached hydrogens (tertiary/aromatic N) is 3. The maximum Gasteiger partial charge on any atom is 0.326 e. The minimum atomic E-state index is -0.916. The van der Waals surface area contributed by atoms with Gasteiger partial charge in [-0.05, 0) is 50.5 Å². The van der Waals surface area contributed by atoms with E-state index in [-0.39, 0.29) is 17.7 Å². The molecule has 4 heterocycles. The highest BCUT2D eigenvalue weighted by Gasteiger charge is 2.29. The third-order valence-electron chi connectivity index (χ3n) is 7.36. The molecule has 0 amide bonds. The fourth-order valence-electron chi connectivity index (χ4n) is 5.29. The lowest BCUT2D eigenvalue weighted by molar-refractivity contribution is -0.154. The number of aryl methyl sites for hydroxylation is 2. The van der Waals surface area contributed by atoms with Crippen molar-refractivity contribution in [1.82, 2.24) is 19.4 Å². The highest BCUT2D eigenvalue weighted by Crippen LogP contribution is 2.33. The number of benzene rings is 1. The van der Waals surface area contributed by atoms with Crippen LogP contribution in [0.15, 0.2) is 35.3 Å². The number of carbonyl (C=O) groups is 1. The molecule has 10 heteroatoms. The largest absolute Gasteiger partial charge is 0.459 e. The first-order valence-electron chi connectivity index (χ1n) is 13.3. The smallest absolute Gasteiger partial charge is 0.326 e. The number of aliphatic hydroxyl groups excluding tert-OH is 1. The average molecular weight is 525 g/mol. The molecule has 2 N–H and O–H groups in total. The number of esters is 1. The first kappa shape index (κ1) is 26.6. The van der Waals surface area contributed by atoms with Crippen LogP contribution in [0.4, 0.5) is 0 Å². The van der Waals surface area contributed by atoms with Crippen LogP contribution in [0.1, 0.15) is 43.4 Å². The molecule has 1 aromatic carbocycles. The zero-order chi connectivity index (χ0) is 26.8. The predicted molar refractivity (Wildman–Crippen MR) is 142 cm³/mol. The quantitative estimate of drug-likeness (QED) is 0.431. The van der Waals surface area contributed by atoms with E-state index in [0.717, 1.165) is 40.8 Å². The second-order valence-electron chi connectivity index (χ2n) is 10.3. The molecule has 2 fully saturated rings. The molecular formula is C28H36N4O6. The average Bonchev–Trinajstić information content (AvgIpc) is 3.55. The summed E-state index contributed by atoms with van der Waals surface area (Å²) in [5, 5.41) is 13.4. The molecule has 0 saturated carbocycles. The monoisotopic (exact) mass is 524 g/mol. The molecule has 2 saturated heterocycles. The Kier molecular flexibility index (Phi) is 7.94. The van der Waals surface area contributed by atoms with E-state index in [1.807, 2.05) is 31.3 Å². The number of hydrogen-bond donors (Lipinski definition) is 2. The molecule has 5 rings (SSSR count). The summed E-state index contributed by atoms with van der Waals surface area (Å²) >= 11 is 0. The van der Waals surface area contributed by atoms with Crippen LogP contribution in [-0.4, -0.2) is 69.9 Å². The number of pyridine rings is 1. The third-order valence-corrected chi connectivity index (χ3v) is 7.36. The maximum absolute atomic E-state index is 12.7. The van der Waals surface area contributed by atoms with Gasteiger partial charge < -0.3 is 28.5 Å². The van der Waals surface area contributed by atoms with Gasteiger partial charge in [-0.2, -0.15) is 0 Å². The van der Waals surface area contributed by atoms with Gasteiger partial charge in [0, 0.05) is 56.6 Å². The normalized spacial score (nSPS) is 20.1. The summed E-state index contributed by atoms with van der Waals surface area (Å²) in [6, 6.07) is 7.35. The molecular weight excluding hydrogens is 488 g/mol. The van der Waals surface area contributed by atoms with E-state index < -0.39 is 18.1 Å². The van der Waals surface area contributed by atoms with Gasteiger partial charge in [-0.1, -0.05) is 6.07 Å². The number of hydrogen-bond acceptors (Lipinski definition) is 8. The molecule has 2 aromatic heterocycles. The zero-order valence-electron chi connectivity index (χ0n) is 22.2. The fraction of sp³-hybridized carbons (Fsp3) is 0.536. The van der Waals surface area contributed by atoms with Crippen molar-refractivity contribution < 1.29 is 24.1 Å². The summed E-state index contributed by atoms with van der Waals surface area (Å²) in [6.07, 6.45) is 3.09. The van der Waals surface area contributed by atoms with Crippen LogP contribution < -0.4 is 10.9 Å². The predicted octanol–water partition coefficient (Wildman–Crippen LogP) is 2.23. The van der Waals surface area contributed by atoms with Crippen molar-refractivity contribution in [2.75, 3.05) is 26.4 Å². The first-order chi connectivity index (χ1) is 18.3. The van der Waals surface area contributed by atoms with E-state index in [0.29, 0.717) is 45.0 Å². The minimum absolute atomic E-state index is 0.0255. The summed E-state index contributed by atoms with van der Waals surface area (Å²) in [7, 11) is 1.76. The molecule has 0 radical (unpaired) electrons. The molecule has 38 heavy (non-hydrogen) atoms. The van der Waals surface area contributed by atoms with Crippen molar-refractivity contribution in [3.8, 4) is 11.4 Å². The molecule has 3 aromatic rings. The van der Waals surface area contributed by atoms with E-state index in [1.54, 1.807) is 18.5 Å². The second-order valence-corrected chi connectivity index (χ2v) is 10.3. The van der Waals surface area contributed by atoms with Crippen molar-refractivity contribution in [3.63, 3.8) is 0 Å². The molecule has 2 aliphatic heterocycles. The molecule has 0 bridgehead atoms. The van der Waals surface area contributed by atoms with E-state index in [9.17, 15) is 14.7 Å². The second kappa shape index (κ2) is 11.4. The van der Waals surface area contributed by atoms with Crippen LogP contribution in [0.3, 0.4) is 0 Å². The van der Waals surface area contributed by atoms with Crippen LogP contribution in [-0.2, 0) is 32.6 Å². The number of aliphatic hydroxyl groups is 1. The molecule has 0 aliphatic carbocycles. The molecule has 3 atom stereocenters. The topological polar surface area (TPSA) is 117 Å². The van der Waals surface area contributed by atoms with E-state index in [2.05, 4.69) is 16.0 Å². The summed E-state index contributed by atoms with van der Waals surface area (Å²) in [5.74, 6) is 0.340. The Balaban J connectivity index is 1.43. The maximum atomic E-state index is 12.7. The van der Waals surface area contributed by atoms with Gasteiger partial charge in [0.1, 0.15) is 18.0 Å². The number of carbonyl (C=O) groups excluding carboxylic acids is 1. The van der Waals surface area contributed by atoms with Crippen molar-refractivity contribution >= 4 is 17.0 Å². The Morgan fingerprint density at radius 3 is 2.66 bits per heavy atom. The zero-order valence-corrected chi connectivity index (χ0v) is 22.2. The Labute approximate surface area is 221 Å². The van der Waals surface area contributed by atoms with Gasteiger partial charge in [-0.15, -0.1) is 0 Å². The van der Waals surface area contributed by atoms with Crippen molar-refractivity contribution in [2.24, 2.45) is 7.05 Å². The standard InChI is InChI=1S/C28H36N4O6/c1-17-12-20(15-31(3)27(17)34)26-30-23-13-19(4-5-24(23)32(26)21-6-9-36-10-7-21)14-29-25(18(2)33)28(35)38-22-8-11-37-16-22/h4-5,12-13,15,18,21-22,25,29,33H,6-11,14,16H2,1-3H3/t18-,22-,25-/m0/s1. The Morgan fingerprint density at radius 2 is 1.97 bits per heavy atom. The molecule has 10 nitrogen and oxygen atoms in total. The molecule has 0 spiro atoms. The van der Waals surface area contributed by atoms with Crippen LogP contribution in [0.5, 0.6) is 0 Å². The number of nitrogens with one attached hydrogen (secondary N) is 1. The van der Waals surface area contributed by atoms with E-state index in [1.165, 1.54) is 0 Å². The van der Waals surface area contributed by atoms with Crippen molar-refractivity contribution in [2.45, 2.75) is 63.9 Å². The van der Waals surface area contributed by atoms with E-state index >= 15 is 0 Å². The minimum Gasteiger partial charge on any atom is -0.459 e. The van der Waals surface area contributed by atoms with Gasteiger partial charge in [0.25, 0.3) is 5.56 Å². The van der Waals surface area contributed by atoms with Crippen LogP contribution in [0.2, 0.25) is 0 Å². The van der Waals surface area contributed by atoms with Crippen LogP contribution in [0.25, 0.3) is 22.4 Å². The van der Waals surface area contributed by atoms with Crippen molar-refractivity contribution in [3.05, 3.63) is 51.9 Å². The van der Waals surface area contributed by atoms with Gasteiger partial charge in [-0.25, -0.2) is 4.98 Å². The number of aromatic nitrogens is 3. The summed E-state index contributed by atoms with van der Waals surface area (Å²) in [4.78, 5) is 30.0. The first-order valence-corrected chi connectivity index (χ1v) is 13.3. The third kappa shape index (κ3) is 5.54. The van der Waals surface area contributed by atoms with Gasteiger partial charge in [0.2, 0.25) is 0 Å². The van der Waals surface area contributed by atoms with Crippen LogP contribution >= 0.6 is 0 Å². The lowest BCUT2D eigenvalue weighted by atomic mass is 10.1.